The van der Waals surface area contributed by atoms with Crippen LogP contribution in [0.4, 0.5) is 0 Å². The highest BCUT2D eigenvalue weighted by atomic mass is 35.5. The molecule has 0 spiro atoms. The normalized spacial score (nSPS) is 13.9. The summed E-state index contributed by atoms with van der Waals surface area (Å²) in [4.78, 5) is 30.9. The maximum absolute atomic E-state index is 12.1. The minimum atomic E-state index is -0.239. The van der Waals surface area contributed by atoms with Gasteiger partial charge in [-0.05, 0) is 37.5 Å². The summed E-state index contributed by atoms with van der Waals surface area (Å²) in [7, 11) is 0. The van der Waals surface area contributed by atoms with Crippen LogP contribution < -0.4 is 10.9 Å². The van der Waals surface area contributed by atoms with Crippen LogP contribution in [0.3, 0.4) is 0 Å². The van der Waals surface area contributed by atoms with E-state index in [2.05, 4.69) is 15.3 Å². The number of aromatic amines is 1. The van der Waals surface area contributed by atoms with E-state index in [1.807, 2.05) is 6.92 Å². The van der Waals surface area contributed by atoms with E-state index in [-0.39, 0.29) is 18.0 Å². The van der Waals surface area contributed by atoms with Crippen LogP contribution >= 0.6 is 11.6 Å². The van der Waals surface area contributed by atoms with Crippen LogP contribution in [0.1, 0.15) is 46.2 Å². The molecule has 1 aromatic carbocycles. The average molecular weight is 318 g/mol. The number of amides is 1. The molecular weight excluding hydrogens is 302 g/mol. The van der Waals surface area contributed by atoms with Gasteiger partial charge in [0.05, 0.1) is 12.2 Å². The molecule has 5 nitrogen and oxygen atoms in total. The molecule has 1 aliphatic rings. The molecule has 22 heavy (non-hydrogen) atoms. The Balaban J connectivity index is 1.70. The molecule has 2 N–H and O–H groups in total. The number of carbonyl (C=O) groups excluding carboxylic acids is 1. The number of nitrogens with zero attached hydrogens (tertiary/aromatic N) is 1. The maximum atomic E-state index is 12.1. The van der Waals surface area contributed by atoms with E-state index in [9.17, 15) is 9.59 Å². The Morgan fingerprint density at radius 2 is 2.18 bits per heavy atom. The zero-order valence-corrected chi connectivity index (χ0v) is 12.9. The molecule has 0 radical (unpaired) electrons. The fourth-order valence-corrected chi connectivity index (χ4v) is 2.36. The van der Waals surface area contributed by atoms with Gasteiger partial charge in [0, 0.05) is 22.6 Å². The van der Waals surface area contributed by atoms with Crippen molar-refractivity contribution in [1.29, 1.82) is 0 Å². The van der Waals surface area contributed by atoms with Gasteiger partial charge in [-0.1, -0.05) is 17.7 Å². The van der Waals surface area contributed by atoms with Crippen molar-refractivity contribution in [2.24, 2.45) is 0 Å². The van der Waals surface area contributed by atoms with E-state index in [1.165, 1.54) is 6.07 Å². The molecule has 3 rings (SSSR count). The second-order valence-electron chi connectivity index (χ2n) is 5.54. The Kier molecular flexibility index (Phi) is 3.98. The highest BCUT2D eigenvalue weighted by molar-refractivity contribution is 6.31. The van der Waals surface area contributed by atoms with Crippen molar-refractivity contribution >= 4 is 17.5 Å². The van der Waals surface area contributed by atoms with Gasteiger partial charge in [-0.15, -0.1) is 0 Å². The lowest BCUT2D eigenvalue weighted by molar-refractivity contribution is 0.0950. The second-order valence-corrected chi connectivity index (χ2v) is 5.95. The molecule has 1 heterocycles. The number of aryl methyl sites for hydroxylation is 1. The van der Waals surface area contributed by atoms with Gasteiger partial charge in [0.2, 0.25) is 0 Å². The van der Waals surface area contributed by atoms with Crippen LogP contribution in [0, 0.1) is 6.92 Å². The van der Waals surface area contributed by atoms with E-state index in [0.717, 1.165) is 24.2 Å². The molecule has 1 fully saturated rings. The molecule has 1 amide bonds. The molecule has 1 saturated carbocycles. The van der Waals surface area contributed by atoms with Crippen LogP contribution in [0.2, 0.25) is 5.02 Å². The van der Waals surface area contributed by atoms with Crippen LogP contribution in [0.25, 0.3) is 0 Å². The van der Waals surface area contributed by atoms with E-state index >= 15 is 0 Å². The molecule has 0 atom stereocenters. The van der Waals surface area contributed by atoms with Gasteiger partial charge >= 0.3 is 0 Å². The predicted molar refractivity (Wildman–Crippen MR) is 84.2 cm³/mol. The Hall–Kier alpha value is -2.14. The lowest BCUT2D eigenvalue weighted by atomic mass is 10.1. The van der Waals surface area contributed by atoms with Gasteiger partial charge in [-0.25, -0.2) is 4.98 Å². The summed E-state index contributed by atoms with van der Waals surface area (Å²) >= 11 is 6.02. The van der Waals surface area contributed by atoms with Crippen LogP contribution in [-0.4, -0.2) is 15.9 Å². The Morgan fingerprint density at radius 1 is 1.41 bits per heavy atom. The van der Waals surface area contributed by atoms with E-state index in [1.54, 1.807) is 18.2 Å². The van der Waals surface area contributed by atoms with E-state index < -0.39 is 0 Å². The molecule has 6 heteroatoms. The molecule has 0 saturated heterocycles. The molecule has 1 aromatic heterocycles. The number of halogens is 1. The number of H-pyrrole nitrogens is 1. The van der Waals surface area contributed by atoms with Crippen molar-refractivity contribution in [1.82, 2.24) is 15.3 Å². The summed E-state index contributed by atoms with van der Waals surface area (Å²) < 4.78 is 0. The maximum Gasteiger partial charge on any atom is 0.251 e. The first-order valence-corrected chi connectivity index (χ1v) is 7.55. The van der Waals surface area contributed by atoms with Gasteiger partial charge in [0.15, 0.2) is 0 Å². The number of aromatic nitrogens is 2. The molecule has 0 aliphatic heterocycles. The second kappa shape index (κ2) is 5.93. The largest absolute Gasteiger partial charge is 0.346 e. The molecule has 2 aromatic rings. The molecular formula is C16H16ClN3O2. The minimum absolute atomic E-state index is 0.181. The third kappa shape index (κ3) is 3.36. The number of hydrogen-bond acceptors (Lipinski definition) is 3. The Labute approximate surface area is 132 Å². The topological polar surface area (TPSA) is 74.8 Å². The molecule has 1 aliphatic carbocycles. The highest BCUT2D eigenvalue weighted by Crippen LogP contribution is 2.37. The van der Waals surface area contributed by atoms with E-state index in [4.69, 9.17) is 11.6 Å². The van der Waals surface area contributed by atoms with E-state index in [0.29, 0.717) is 22.2 Å². The number of carbonyl (C=O) groups is 1. The predicted octanol–water partition coefficient (Wildman–Crippen LogP) is 2.54. The standard InChI is InChI=1S/C16H16ClN3O2/c1-9-2-3-11(6-13(9)17)16(22)18-8-12-7-14(21)20-15(19-12)10-4-5-10/h2-3,6-7,10H,4-5,8H2,1H3,(H,18,22)(H,19,20,21). The third-order valence-corrected chi connectivity index (χ3v) is 4.05. The first-order valence-electron chi connectivity index (χ1n) is 7.17. The summed E-state index contributed by atoms with van der Waals surface area (Å²) in [5.41, 5.74) is 1.79. The fourth-order valence-electron chi connectivity index (χ4n) is 2.18. The minimum Gasteiger partial charge on any atom is -0.346 e. The SMILES string of the molecule is Cc1ccc(C(=O)NCc2cc(=O)[nH]c(C3CC3)n2)cc1Cl. The lowest BCUT2D eigenvalue weighted by Gasteiger charge is -2.07. The summed E-state index contributed by atoms with van der Waals surface area (Å²) in [6.45, 7) is 2.09. The third-order valence-electron chi connectivity index (χ3n) is 3.64. The molecule has 0 unspecified atom stereocenters. The summed E-state index contributed by atoms with van der Waals surface area (Å²) in [6, 6.07) is 6.56. The van der Waals surface area contributed by atoms with Crippen molar-refractivity contribution in [3.63, 3.8) is 0 Å². The van der Waals surface area contributed by atoms with Crippen LogP contribution in [-0.2, 0) is 6.54 Å². The number of benzene rings is 1. The van der Waals surface area contributed by atoms with Crippen molar-refractivity contribution in [3.8, 4) is 0 Å². The van der Waals surface area contributed by atoms with Crippen molar-refractivity contribution in [3.05, 3.63) is 62.3 Å². The van der Waals surface area contributed by atoms with Crippen molar-refractivity contribution in [2.75, 3.05) is 0 Å². The summed E-state index contributed by atoms with van der Waals surface area (Å²) in [5.74, 6) is 0.839. The zero-order valence-electron chi connectivity index (χ0n) is 12.1. The molecule has 114 valence electrons. The van der Waals surface area contributed by atoms with Gasteiger partial charge in [-0.2, -0.15) is 0 Å². The van der Waals surface area contributed by atoms with Gasteiger partial charge < -0.3 is 10.3 Å². The van der Waals surface area contributed by atoms with Crippen molar-refractivity contribution < 1.29 is 4.79 Å². The Morgan fingerprint density at radius 3 is 2.86 bits per heavy atom. The zero-order chi connectivity index (χ0) is 15.7. The number of nitrogens with one attached hydrogen (secondary N) is 2. The number of hydrogen-bond donors (Lipinski definition) is 2. The lowest BCUT2D eigenvalue weighted by Crippen LogP contribution is -2.25. The van der Waals surface area contributed by atoms with Gasteiger partial charge in [-0.3, -0.25) is 9.59 Å². The van der Waals surface area contributed by atoms with Crippen molar-refractivity contribution in [2.45, 2.75) is 32.2 Å². The van der Waals surface area contributed by atoms with Gasteiger partial charge in [0.1, 0.15) is 5.82 Å². The Bertz CT molecular complexity index is 781. The number of rotatable bonds is 4. The fraction of sp³-hybridized carbons (Fsp3) is 0.312. The summed E-state index contributed by atoms with van der Waals surface area (Å²) in [6.07, 6.45) is 2.11. The molecule has 0 bridgehead atoms. The highest BCUT2D eigenvalue weighted by Gasteiger charge is 2.26. The first-order chi connectivity index (χ1) is 10.5. The summed E-state index contributed by atoms with van der Waals surface area (Å²) in [5, 5.41) is 3.32. The average Bonchev–Trinajstić information content (AvgIpc) is 3.32. The monoisotopic (exact) mass is 317 g/mol. The van der Waals surface area contributed by atoms with Gasteiger partial charge in [0.25, 0.3) is 11.5 Å². The van der Waals surface area contributed by atoms with Crippen LogP contribution in [0.15, 0.2) is 29.1 Å². The van der Waals surface area contributed by atoms with Crippen LogP contribution in [0.5, 0.6) is 0 Å². The quantitative estimate of drug-likeness (QED) is 0.910. The first kappa shape index (κ1) is 14.8. The smallest absolute Gasteiger partial charge is 0.251 e.